The highest BCUT2D eigenvalue weighted by atomic mass is 79.9. The van der Waals surface area contributed by atoms with Crippen molar-refractivity contribution in [3.8, 4) is 0 Å². The van der Waals surface area contributed by atoms with Crippen LogP contribution in [0, 0.1) is 0 Å². The van der Waals surface area contributed by atoms with Crippen LogP contribution >= 0.6 is 49.8 Å². The average Bonchev–Trinajstić information content (AvgIpc) is 1.94. The van der Waals surface area contributed by atoms with E-state index in [1.54, 1.807) is 0 Å². The van der Waals surface area contributed by atoms with Crippen molar-refractivity contribution < 1.29 is 8.42 Å². The van der Waals surface area contributed by atoms with Gasteiger partial charge in [0, 0.05) is 15.2 Å². The highest BCUT2D eigenvalue weighted by Gasteiger charge is 2.17. The minimum atomic E-state index is -3.85. The summed E-state index contributed by atoms with van der Waals surface area (Å²) >= 11 is 14.3. The standard InChI is InChI=1S/C6H2BrCl3O2S/c7-3-1-4(8)6(9)5(2-3)13(10,11)12/h1-2H. The third-order valence-corrected chi connectivity index (χ3v) is 3.94. The van der Waals surface area contributed by atoms with E-state index in [0.29, 0.717) is 4.47 Å². The van der Waals surface area contributed by atoms with Crippen molar-refractivity contribution in [1.29, 1.82) is 0 Å². The fourth-order valence-corrected chi connectivity index (χ4v) is 3.22. The lowest BCUT2D eigenvalue weighted by Crippen LogP contribution is -1.92. The molecule has 0 aliphatic heterocycles. The Balaban J connectivity index is 3.56. The molecule has 1 rings (SSSR count). The Labute approximate surface area is 98.3 Å². The van der Waals surface area contributed by atoms with Gasteiger partial charge in [0.25, 0.3) is 9.05 Å². The van der Waals surface area contributed by atoms with Crippen molar-refractivity contribution in [3.05, 3.63) is 26.7 Å². The maximum absolute atomic E-state index is 11.0. The molecule has 0 aliphatic carbocycles. The van der Waals surface area contributed by atoms with Gasteiger partial charge in [-0.05, 0) is 12.1 Å². The van der Waals surface area contributed by atoms with Crippen molar-refractivity contribution in [2.75, 3.05) is 0 Å². The molecule has 2 nitrogen and oxygen atoms in total. The van der Waals surface area contributed by atoms with Crippen LogP contribution in [0.1, 0.15) is 0 Å². The molecule has 0 atom stereocenters. The fraction of sp³-hybridized carbons (Fsp3) is 0. The molecule has 0 amide bonds. The summed E-state index contributed by atoms with van der Waals surface area (Å²) < 4.78 is 22.4. The average molecular weight is 324 g/mol. The quantitative estimate of drug-likeness (QED) is 0.583. The monoisotopic (exact) mass is 322 g/mol. The Bertz CT molecular complexity index is 443. The van der Waals surface area contributed by atoms with Crippen molar-refractivity contribution >= 4 is 58.9 Å². The number of benzene rings is 1. The maximum atomic E-state index is 11.0. The molecule has 0 N–H and O–H groups in total. The van der Waals surface area contributed by atoms with Crippen LogP contribution in [0.4, 0.5) is 0 Å². The van der Waals surface area contributed by atoms with E-state index >= 15 is 0 Å². The molecular formula is C6H2BrCl3O2S. The van der Waals surface area contributed by atoms with Crippen molar-refractivity contribution in [3.63, 3.8) is 0 Å². The topological polar surface area (TPSA) is 34.1 Å². The van der Waals surface area contributed by atoms with Gasteiger partial charge in [-0.1, -0.05) is 39.1 Å². The van der Waals surface area contributed by atoms with Crippen LogP contribution in [0.25, 0.3) is 0 Å². The largest absolute Gasteiger partial charge is 0.262 e. The lowest BCUT2D eigenvalue weighted by Gasteiger charge is -2.02. The van der Waals surface area contributed by atoms with Gasteiger partial charge in [0.05, 0.1) is 10.0 Å². The van der Waals surface area contributed by atoms with E-state index in [-0.39, 0.29) is 14.9 Å². The molecule has 0 aliphatic rings. The molecule has 0 spiro atoms. The summed E-state index contributed by atoms with van der Waals surface area (Å²) in [5, 5.41) is 0.0649. The molecule has 7 heteroatoms. The number of hydrogen-bond donors (Lipinski definition) is 0. The van der Waals surface area contributed by atoms with Gasteiger partial charge in [0.2, 0.25) is 0 Å². The van der Waals surface area contributed by atoms with E-state index in [9.17, 15) is 8.42 Å². The Morgan fingerprint density at radius 2 is 1.77 bits per heavy atom. The predicted octanol–water partition coefficient (Wildman–Crippen LogP) is 3.68. The second kappa shape index (κ2) is 3.95. The van der Waals surface area contributed by atoms with E-state index in [2.05, 4.69) is 15.9 Å². The summed E-state index contributed by atoms with van der Waals surface area (Å²) in [5.74, 6) is 0. The lowest BCUT2D eigenvalue weighted by molar-refractivity contribution is 0.609. The number of hydrogen-bond acceptors (Lipinski definition) is 2. The third kappa shape index (κ3) is 2.73. The van der Waals surface area contributed by atoms with Crippen molar-refractivity contribution in [1.82, 2.24) is 0 Å². The van der Waals surface area contributed by atoms with Crippen LogP contribution in [0.15, 0.2) is 21.5 Å². The summed E-state index contributed by atoms with van der Waals surface area (Å²) in [7, 11) is 1.26. The van der Waals surface area contributed by atoms with Gasteiger partial charge in [-0.25, -0.2) is 8.42 Å². The van der Waals surface area contributed by atoms with Gasteiger partial charge < -0.3 is 0 Å². The first-order valence-corrected chi connectivity index (χ1v) is 6.77. The van der Waals surface area contributed by atoms with Crippen LogP contribution in [-0.4, -0.2) is 8.42 Å². The van der Waals surface area contributed by atoms with Crippen molar-refractivity contribution in [2.24, 2.45) is 0 Å². The third-order valence-electron chi connectivity index (χ3n) is 1.22. The van der Waals surface area contributed by atoms with E-state index in [0.717, 1.165) is 0 Å². The summed E-state index contributed by atoms with van der Waals surface area (Å²) in [6.45, 7) is 0. The van der Waals surface area contributed by atoms with Crippen LogP contribution in [0.2, 0.25) is 10.0 Å². The molecule has 0 bridgehead atoms. The normalized spacial score (nSPS) is 11.7. The fourth-order valence-electron chi connectivity index (χ4n) is 0.710. The lowest BCUT2D eigenvalue weighted by atomic mass is 10.4. The summed E-state index contributed by atoms with van der Waals surface area (Å²) in [4.78, 5) is -0.199. The zero-order chi connectivity index (χ0) is 10.2. The van der Waals surface area contributed by atoms with Gasteiger partial charge in [-0.15, -0.1) is 0 Å². The molecule has 13 heavy (non-hydrogen) atoms. The predicted molar refractivity (Wildman–Crippen MR) is 57.2 cm³/mol. The SMILES string of the molecule is O=S(=O)(Cl)c1cc(Br)cc(Cl)c1Cl. The van der Waals surface area contributed by atoms with E-state index in [4.69, 9.17) is 33.9 Å². The zero-order valence-electron chi connectivity index (χ0n) is 5.89. The number of halogens is 4. The smallest absolute Gasteiger partial charge is 0.207 e. The van der Waals surface area contributed by atoms with Gasteiger partial charge >= 0.3 is 0 Å². The van der Waals surface area contributed by atoms with E-state index < -0.39 is 9.05 Å². The Kier molecular flexibility index (Phi) is 3.52. The first kappa shape index (κ1) is 11.6. The molecule has 0 heterocycles. The first-order chi connectivity index (χ1) is 5.82. The highest BCUT2D eigenvalue weighted by Crippen LogP contribution is 2.34. The molecule has 0 unspecified atom stereocenters. The maximum Gasteiger partial charge on any atom is 0.262 e. The van der Waals surface area contributed by atoms with E-state index in [1.807, 2.05) is 0 Å². The molecule has 0 fully saturated rings. The molecule has 0 saturated heterocycles. The summed E-state index contributed by atoms with van der Waals surface area (Å²) in [6, 6.07) is 2.77. The van der Waals surface area contributed by atoms with Crippen LogP contribution in [-0.2, 0) is 9.05 Å². The first-order valence-electron chi connectivity index (χ1n) is 2.91. The molecule has 0 saturated carbocycles. The van der Waals surface area contributed by atoms with Gasteiger partial charge in [0.1, 0.15) is 4.90 Å². The molecule has 1 aromatic rings. The van der Waals surface area contributed by atoms with Gasteiger partial charge in [0.15, 0.2) is 0 Å². The van der Waals surface area contributed by atoms with Gasteiger partial charge in [-0.2, -0.15) is 0 Å². The van der Waals surface area contributed by atoms with Gasteiger partial charge in [-0.3, -0.25) is 0 Å². The Hall–Kier alpha value is 0.520. The molecule has 72 valence electrons. The molecular weight excluding hydrogens is 322 g/mol. The second-order valence-electron chi connectivity index (χ2n) is 2.14. The highest BCUT2D eigenvalue weighted by molar-refractivity contribution is 9.10. The Morgan fingerprint density at radius 3 is 2.23 bits per heavy atom. The number of rotatable bonds is 1. The summed E-state index contributed by atoms with van der Waals surface area (Å²) in [5.41, 5.74) is 0. The van der Waals surface area contributed by atoms with Crippen LogP contribution < -0.4 is 0 Å². The van der Waals surface area contributed by atoms with Crippen LogP contribution in [0.5, 0.6) is 0 Å². The zero-order valence-corrected chi connectivity index (χ0v) is 10.6. The molecule has 1 aromatic carbocycles. The van der Waals surface area contributed by atoms with Crippen molar-refractivity contribution in [2.45, 2.75) is 4.90 Å². The Morgan fingerprint density at radius 1 is 1.23 bits per heavy atom. The van der Waals surface area contributed by atoms with E-state index in [1.165, 1.54) is 12.1 Å². The second-order valence-corrected chi connectivity index (χ2v) is 6.37. The minimum absolute atomic E-state index is 0.0696. The summed E-state index contributed by atoms with van der Waals surface area (Å²) in [6.07, 6.45) is 0. The van der Waals surface area contributed by atoms with Crippen LogP contribution in [0.3, 0.4) is 0 Å². The molecule has 0 aromatic heterocycles. The minimum Gasteiger partial charge on any atom is -0.207 e. The molecule has 0 radical (unpaired) electrons.